The number of rotatable bonds is 11. The Morgan fingerprint density at radius 3 is 1.44 bits per heavy atom. The summed E-state index contributed by atoms with van der Waals surface area (Å²) in [5.41, 5.74) is 0. The Bertz CT molecular complexity index is 503. The minimum Gasteiger partial charge on any atom is -0.377 e. The maximum atomic E-state index is 5.59. The Morgan fingerprint density at radius 1 is 0.680 bits per heavy atom. The summed E-state index contributed by atoms with van der Waals surface area (Å²) in [5.74, 6) is 0. The van der Waals surface area contributed by atoms with Gasteiger partial charge in [-0.3, -0.25) is 0 Å². The highest BCUT2D eigenvalue weighted by atomic mass is 28.4. The van der Waals surface area contributed by atoms with E-state index in [4.69, 9.17) is 13.3 Å². The van der Waals surface area contributed by atoms with E-state index in [2.05, 4.69) is 57.4 Å². The third-order valence-electron chi connectivity index (χ3n) is 5.59. The van der Waals surface area contributed by atoms with Gasteiger partial charge in [-0.2, -0.15) is 0 Å². The average Bonchev–Trinajstić information content (AvgIpc) is 2.62. The summed E-state index contributed by atoms with van der Waals surface area (Å²) in [6.45, 7) is 12.1. The second-order valence-electron chi connectivity index (χ2n) is 8.24. The summed E-state index contributed by atoms with van der Waals surface area (Å²) in [5, 5.41) is 3.10. The second kappa shape index (κ2) is 9.62. The predicted molar refractivity (Wildman–Crippen MR) is 117 cm³/mol. The third-order valence-corrected chi connectivity index (χ3v) is 15.7. The van der Waals surface area contributed by atoms with Crippen LogP contribution in [0, 0.1) is 0 Å². The van der Waals surface area contributed by atoms with Crippen molar-refractivity contribution in [1.82, 2.24) is 0 Å². The zero-order valence-electron chi connectivity index (χ0n) is 17.6. The van der Waals surface area contributed by atoms with Gasteiger partial charge in [0.05, 0.1) is 16.1 Å². The number of unbranched alkanes of at least 4 members (excludes halogenated alkanes) is 1. The minimum atomic E-state index is -2.47. The monoisotopic (exact) mass is 398 g/mol. The van der Waals surface area contributed by atoms with E-state index in [9.17, 15) is 0 Å². The smallest absolute Gasteiger partial charge is 0.377 e. The van der Waals surface area contributed by atoms with Crippen molar-refractivity contribution in [1.29, 1.82) is 0 Å². The third kappa shape index (κ3) is 6.15. The van der Waals surface area contributed by atoms with Crippen molar-refractivity contribution in [2.75, 3.05) is 21.3 Å². The zero-order chi connectivity index (χ0) is 19.1. The predicted octanol–water partition coefficient (Wildman–Crippen LogP) is 4.20. The average molecular weight is 399 g/mol. The molecule has 0 saturated carbocycles. The molecule has 0 amide bonds. The largest absolute Gasteiger partial charge is 0.499 e. The highest BCUT2D eigenvalue weighted by Gasteiger charge is 2.40. The lowest BCUT2D eigenvalue weighted by Gasteiger charge is -2.30. The van der Waals surface area contributed by atoms with Crippen molar-refractivity contribution in [2.24, 2.45) is 0 Å². The zero-order valence-corrected chi connectivity index (χ0v) is 20.6. The SMILES string of the molecule is CCCC[Si](C)(C)c1ccc([Si](C)(C)CC[Si](OC)(OC)OC)cc1. The van der Waals surface area contributed by atoms with Gasteiger partial charge in [0, 0.05) is 27.4 Å². The molecule has 0 N–H and O–H groups in total. The summed E-state index contributed by atoms with van der Waals surface area (Å²) >= 11 is 0. The van der Waals surface area contributed by atoms with E-state index in [0.717, 1.165) is 12.1 Å². The number of hydrogen-bond acceptors (Lipinski definition) is 3. The quantitative estimate of drug-likeness (QED) is 0.523. The molecule has 6 heteroatoms. The first kappa shape index (κ1) is 22.8. The van der Waals surface area contributed by atoms with E-state index in [1.165, 1.54) is 24.1 Å². The molecular formula is C19H38O3Si3. The number of benzene rings is 1. The molecule has 0 atom stereocenters. The maximum Gasteiger partial charge on any atom is 0.499 e. The maximum absolute atomic E-state index is 5.59. The first-order chi connectivity index (χ1) is 11.7. The van der Waals surface area contributed by atoms with Crippen LogP contribution in [0.4, 0.5) is 0 Å². The van der Waals surface area contributed by atoms with Crippen LogP contribution in [-0.2, 0) is 13.3 Å². The molecule has 3 nitrogen and oxygen atoms in total. The summed E-state index contributed by atoms with van der Waals surface area (Å²) in [7, 11) is -0.196. The van der Waals surface area contributed by atoms with Gasteiger partial charge in [0.2, 0.25) is 0 Å². The first-order valence-corrected chi connectivity index (χ1v) is 17.8. The van der Waals surface area contributed by atoms with Gasteiger partial charge in [-0.05, 0) is 6.04 Å². The minimum absolute atomic E-state index is 0.883. The van der Waals surface area contributed by atoms with Crippen LogP contribution in [0.25, 0.3) is 0 Å². The van der Waals surface area contributed by atoms with E-state index in [1.54, 1.807) is 26.5 Å². The lowest BCUT2D eigenvalue weighted by Crippen LogP contribution is -2.48. The molecule has 0 radical (unpaired) electrons. The van der Waals surface area contributed by atoms with E-state index in [0.29, 0.717) is 0 Å². The molecule has 0 heterocycles. The van der Waals surface area contributed by atoms with Gasteiger partial charge in [-0.25, -0.2) is 0 Å². The topological polar surface area (TPSA) is 27.7 Å². The van der Waals surface area contributed by atoms with E-state index < -0.39 is 25.0 Å². The van der Waals surface area contributed by atoms with Crippen molar-refractivity contribution >= 4 is 35.3 Å². The van der Waals surface area contributed by atoms with Crippen LogP contribution in [0.15, 0.2) is 24.3 Å². The van der Waals surface area contributed by atoms with Crippen molar-refractivity contribution in [3.63, 3.8) is 0 Å². The normalized spacial score (nSPS) is 13.3. The van der Waals surface area contributed by atoms with Crippen LogP contribution < -0.4 is 10.4 Å². The van der Waals surface area contributed by atoms with Crippen LogP contribution >= 0.6 is 0 Å². The fourth-order valence-electron chi connectivity index (χ4n) is 3.30. The Kier molecular flexibility index (Phi) is 8.77. The molecule has 0 saturated heterocycles. The fourth-order valence-corrected chi connectivity index (χ4v) is 12.1. The molecule has 1 aromatic carbocycles. The van der Waals surface area contributed by atoms with Gasteiger partial charge in [0.15, 0.2) is 0 Å². The molecule has 0 aromatic heterocycles. The second-order valence-corrected chi connectivity index (χ2v) is 21.0. The highest BCUT2D eigenvalue weighted by molar-refractivity contribution is 6.91. The lowest BCUT2D eigenvalue weighted by molar-refractivity contribution is 0.125. The molecule has 0 fully saturated rings. The molecular weight excluding hydrogens is 360 g/mol. The van der Waals surface area contributed by atoms with Gasteiger partial charge in [-0.15, -0.1) is 0 Å². The van der Waals surface area contributed by atoms with E-state index in [1.807, 2.05) is 0 Å². The van der Waals surface area contributed by atoms with Crippen molar-refractivity contribution < 1.29 is 13.3 Å². The van der Waals surface area contributed by atoms with Crippen molar-refractivity contribution in [3.8, 4) is 0 Å². The van der Waals surface area contributed by atoms with Gasteiger partial charge in [-0.1, -0.05) is 86.6 Å². The van der Waals surface area contributed by atoms with Crippen LogP contribution in [0.2, 0.25) is 44.3 Å². The lowest BCUT2D eigenvalue weighted by atomic mass is 10.4. The molecule has 0 aliphatic carbocycles. The summed E-state index contributed by atoms with van der Waals surface area (Å²) in [4.78, 5) is 0. The van der Waals surface area contributed by atoms with E-state index in [-0.39, 0.29) is 0 Å². The van der Waals surface area contributed by atoms with Crippen molar-refractivity contribution in [3.05, 3.63) is 24.3 Å². The Morgan fingerprint density at radius 2 is 1.08 bits per heavy atom. The molecule has 1 rings (SSSR count). The molecule has 0 bridgehead atoms. The fraction of sp³-hybridized carbons (Fsp3) is 0.684. The molecule has 0 unspecified atom stereocenters. The van der Waals surface area contributed by atoms with Crippen LogP contribution in [0.5, 0.6) is 0 Å². The molecule has 0 aliphatic rings. The molecule has 0 spiro atoms. The Balaban J connectivity index is 2.86. The number of hydrogen-bond donors (Lipinski definition) is 0. The molecule has 144 valence electrons. The summed E-state index contributed by atoms with van der Waals surface area (Å²) in [6.07, 6.45) is 2.64. The van der Waals surface area contributed by atoms with Gasteiger partial charge >= 0.3 is 8.80 Å². The Labute approximate surface area is 158 Å². The van der Waals surface area contributed by atoms with Gasteiger partial charge in [0.25, 0.3) is 0 Å². The summed E-state index contributed by atoms with van der Waals surface area (Å²) < 4.78 is 16.8. The Hall–Kier alpha value is -0.249. The summed E-state index contributed by atoms with van der Waals surface area (Å²) in [6, 6.07) is 13.0. The first-order valence-electron chi connectivity index (χ1n) is 9.43. The van der Waals surface area contributed by atoms with Crippen molar-refractivity contribution in [2.45, 2.75) is 64.1 Å². The molecule has 25 heavy (non-hydrogen) atoms. The molecule has 1 aromatic rings. The van der Waals surface area contributed by atoms with Gasteiger partial charge in [0.1, 0.15) is 0 Å². The van der Waals surface area contributed by atoms with Crippen LogP contribution in [0.3, 0.4) is 0 Å². The van der Waals surface area contributed by atoms with E-state index >= 15 is 0 Å². The standard InChI is InChI=1S/C19H38O3Si3/c1-9-10-15-23(5,6)18-11-13-19(14-12-18)24(7,8)16-17-25(20-2,21-3)22-4/h11-14H,9-10,15-17H2,1-8H3. The highest BCUT2D eigenvalue weighted by Crippen LogP contribution is 2.22. The van der Waals surface area contributed by atoms with Gasteiger partial charge < -0.3 is 13.3 Å². The van der Waals surface area contributed by atoms with Crippen LogP contribution in [0.1, 0.15) is 19.8 Å². The molecule has 0 aliphatic heterocycles. The van der Waals surface area contributed by atoms with Crippen LogP contribution in [-0.4, -0.2) is 46.3 Å².